The molecule has 1 aliphatic rings. The highest BCUT2D eigenvalue weighted by Gasteiger charge is 2.44. The molecule has 0 radical (unpaired) electrons. The molecule has 9 heteroatoms. The van der Waals surface area contributed by atoms with Gasteiger partial charge in [-0.25, -0.2) is 4.79 Å². The van der Waals surface area contributed by atoms with Gasteiger partial charge in [0.2, 0.25) is 0 Å². The average molecular weight is 341 g/mol. The van der Waals surface area contributed by atoms with Gasteiger partial charge in [0, 0.05) is 12.7 Å². The molecule has 0 amide bonds. The zero-order chi connectivity index (χ0) is 17.9. The second kappa shape index (κ2) is 7.86. The Kier molecular flexibility index (Phi) is 6.08. The van der Waals surface area contributed by atoms with Crippen LogP contribution in [0.15, 0.2) is 27.4 Å². The number of aromatic nitrogens is 2. The number of aliphatic hydroxyl groups excluding tert-OH is 3. The maximum atomic E-state index is 12.0. The summed E-state index contributed by atoms with van der Waals surface area (Å²) in [4.78, 5) is 26.0. The van der Waals surface area contributed by atoms with Crippen molar-refractivity contribution in [3.63, 3.8) is 0 Å². The summed E-state index contributed by atoms with van der Waals surface area (Å²) in [6.45, 7) is 4.12. The summed E-state index contributed by atoms with van der Waals surface area (Å²) < 4.78 is 6.58. The van der Waals surface area contributed by atoms with Gasteiger partial charge >= 0.3 is 5.69 Å². The summed E-state index contributed by atoms with van der Waals surface area (Å²) in [6, 6.07) is 0. The number of H-pyrrole nitrogens is 1. The summed E-state index contributed by atoms with van der Waals surface area (Å²) in [5.41, 5.74) is -0.153. The molecule has 1 fully saturated rings. The Hall–Kier alpha value is -1.78. The third-order valence-corrected chi connectivity index (χ3v) is 3.82. The minimum atomic E-state index is -1.37. The first kappa shape index (κ1) is 18.6. The fraction of sp³-hybridized carbons (Fsp3) is 0.600. The van der Waals surface area contributed by atoms with E-state index in [9.17, 15) is 19.8 Å². The van der Waals surface area contributed by atoms with Gasteiger partial charge in [-0.15, -0.1) is 0 Å². The third-order valence-electron chi connectivity index (χ3n) is 3.82. The van der Waals surface area contributed by atoms with Crippen LogP contribution < -0.4 is 16.6 Å². The number of nitrogens with one attached hydrogen (secondary N) is 2. The lowest BCUT2D eigenvalue weighted by molar-refractivity contribution is -0.0233. The maximum absolute atomic E-state index is 12.0. The molecule has 0 bridgehead atoms. The van der Waals surface area contributed by atoms with E-state index in [4.69, 9.17) is 9.84 Å². The van der Waals surface area contributed by atoms with Crippen molar-refractivity contribution in [2.24, 2.45) is 0 Å². The molecule has 4 atom stereocenters. The van der Waals surface area contributed by atoms with Crippen LogP contribution in [0.3, 0.4) is 0 Å². The van der Waals surface area contributed by atoms with Gasteiger partial charge < -0.3 is 20.1 Å². The van der Waals surface area contributed by atoms with Crippen LogP contribution >= 0.6 is 0 Å². The van der Waals surface area contributed by atoms with Crippen molar-refractivity contribution < 1.29 is 20.1 Å². The van der Waals surface area contributed by atoms with Gasteiger partial charge in [0.05, 0.1) is 18.8 Å². The summed E-state index contributed by atoms with van der Waals surface area (Å²) in [5.74, 6) is 0. The van der Waals surface area contributed by atoms with Gasteiger partial charge in [-0.2, -0.15) is 0 Å². The fourth-order valence-corrected chi connectivity index (χ4v) is 2.46. The molecule has 0 aromatic carbocycles. The molecule has 0 aliphatic carbocycles. The number of ether oxygens (including phenoxy) is 1. The van der Waals surface area contributed by atoms with Crippen molar-refractivity contribution >= 4 is 0 Å². The third kappa shape index (κ3) is 4.00. The van der Waals surface area contributed by atoms with E-state index in [2.05, 4.69) is 10.3 Å². The average Bonchev–Trinajstić information content (AvgIpc) is 2.81. The van der Waals surface area contributed by atoms with Gasteiger partial charge in [-0.1, -0.05) is 11.6 Å². The van der Waals surface area contributed by atoms with Gasteiger partial charge in [0.15, 0.2) is 0 Å². The Morgan fingerprint density at radius 3 is 2.67 bits per heavy atom. The minimum Gasteiger partial charge on any atom is -0.394 e. The first-order valence-corrected chi connectivity index (χ1v) is 7.65. The quantitative estimate of drug-likeness (QED) is 0.304. The molecule has 2 unspecified atom stereocenters. The largest absolute Gasteiger partial charge is 0.394 e. The summed E-state index contributed by atoms with van der Waals surface area (Å²) >= 11 is 0. The predicted molar refractivity (Wildman–Crippen MR) is 85.5 cm³/mol. The highest BCUT2D eigenvalue weighted by atomic mass is 16.6. The van der Waals surface area contributed by atoms with Crippen LogP contribution in [0.2, 0.25) is 0 Å². The number of hydrogen-bond acceptors (Lipinski definition) is 7. The van der Waals surface area contributed by atoms with E-state index < -0.39 is 42.3 Å². The Balaban J connectivity index is 2.22. The Morgan fingerprint density at radius 2 is 2.08 bits per heavy atom. The number of aliphatic hydroxyl groups is 3. The highest BCUT2D eigenvalue weighted by Crippen LogP contribution is 2.31. The molecular formula is C15H23N3O6. The number of aromatic amines is 1. The molecule has 1 aliphatic heterocycles. The van der Waals surface area contributed by atoms with E-state index in [1.54, 1.807) is 0 Å². The summed E-state index contributed by atoms with van der Waals surface area (Å²) in [5, 5.41) is 32.0. The molecule has 2 heterocycles. The zero-order valence-corrected chi connectivity index (χ0v) is 13.6. The first-order chi connectivity index (χ1) is 11.3. The first-order valence-electron chi connectivity index (χ1n) is 7.65. The molecule has 0 saturated carbocycles. The Morgan fingerprint density at radius 1 is 1.38 bits per heavy atom. The minimum absolute atomic E-state index is 0.0149. The van der Waals surface area contributed by atoms with Crippen molar-refractivity contribution in [2.75, 3.05) is 13.2 Å². The molecule has 5 N–H and O–H groups in total. The number of allylic oxidation sites excluding steroid dienone is 1. The number of rotatable bonds is 6. The van der Waals surface area contributed by atoms with Crippen LogP contribution in [0.5, 0.6) is 0 Å². The summed E-state index contributed by atoms with van der Waals surface area (Å²) in [6.07, 6.45) is -1.55. The molecular weight excluding hydrogens is 318 g/mol. The number of nitrogens with zero attached hydrogens (tertiary/aromatic N) is 1. The van der Waals surface area contributed by atoms with Crippen LogP contribution in [0.1, 0.15) is 25.5 Å². The van der Waals surface area contributed by atoms with Gasteiger partial charge in [-0.3, -0.25) is 19.7 Å². The van der Waals surface area contributed by atoms with Gasteiger partial charge in [0.25, 0.3) is 5.56 Å². The van der Waals surface area contributed by atoms with Crippen molar-refractivity contribution in [2.45, 2.75) is 44.9 Å². The zero-order valence-electron chi connectivity index (χ0n) is 13.6. The van der Waals surface area contributed by atoms with Crippen LogP contribution in [0.25, 0.3) is 0 Å². The van der Waals surface area contributed by atoms with E-state index in [1.807, 2.05) is 19.9 Å². The molecule has 0 spiro atoms. The predicted octanol–water partition coefficient (Wildman–Crippen LogP) is -1.80. The second-order valence-electron chi connectivity index (χ2n) is 5.97. The maximum Gasteiger partial charge on any atom is 0.329 e. The van der Waals surface area contributed by atoms with E-state index in [-0.39, 0.29) is 12.2 Å². The smallest absolute Gasteiger partial charge is 0.329 e. The van der Waals surface area contributed by atoms with Crippen LogP contribution in [0, 0.1) is 0 Å². The molecule has 24 heavy (non-hydrogen) atoms. The van der Waals surface area contributed by atoms with Gasteiger partial charge in [-0.05, 0) is 13.8 Å². The van der Waals surface area contributed by atoms with Crippen LogP contribution in [-0.4, -0.2) is 56.3 Å². The van der Waals surface area contributed by atoms with Gasteiger partial charge in [0.1, 0.15) is 24.4 Å². The molecule has 1 saturated heterocycles. The molecule has 2 rings (SSSR count). The van der Waals surface area contributed by atoms with Crippen molar-refractivity contribution in [3.8, 4) is 0 Å². The van der Waals surface area contributed by atoms with Crippen molar-refractivity contribution in [1.29, 1.82) is 0 Å². The summed E-state index contributed by atoms with van der Waals surface area (Å²) in [7, 11) is 0. The molecule has 134 valence electrons. The molecule has 1 aromatic rings. The Labute approximate surface area is 138 Å². The molecule has 9 nitrogen and oxygen atoms in total. The lowest BCUT2D eigenvalue weighted by Gasteiger charge is -2.15. The van der Waals surface area contributed by atoms with Crippen LogP contribution in [-0.2, 0) is 11.4 Å². The van der Waals surface area contributed by atoms with E-state index in [0.717, 1.165) is 5.57 Å². The molecule has 1 aromatic heterocycles. The second-order valence-corrected chi connectivity index (χ2v) is 5.97. The lowest BCUT2D eigenvalue weighted by atomic mass is 10.0. The number of hydrogen-bond donors (Lipinski definition) is 5. The normalized spacial score (nSPS) is 26.5. The van der Waals surface area contributed by atoms with Crippen molar-refractivity contribution in [3.05, 3.63) is 44.2 Å². The highest BCUT2D eigenvalue weighted by molar-refractivity contribution is 5.14. The van der Waals surface area contributed by atoms with E-state index in [1.165, 1.54) is 10.8 Å². The van der Waals surface area contributed by atoms with Crippen LogP contribution in [0.4, 0.5) is 0 Å². The van der Waals surface area contributed by atoms with E-state index in [0.29, 0.717) is 6.54 Å². The lowest BCUT2D eigenvalue weighted by Crippen LogP contribution is -2.38. The fourth-order valence-electron chi connectivity index (χ4n) is 2.46. The van der Waals surface area contributed by atoms with E-state index >= 15 is 0 Å². The Bertz CT molecular complexity index is 706. The topological polar surface area (TPSA) is 137 Å². The SMILES string of the molecule is CC(C)=CCNCn1cc([C@@H]2O[C@H](CO)C(O)C2O)c(=O)[nH]c1=O. The standard InChI is InChI=1S/C15H23N3O6/c1-8(2)3-4-16-7-18-5-9(14(22)17-15(18)23)13-12(21)11(20)10(6-19)24-13/h3,5,10-13,16,19-21H,4,6-7H2,1-2H3,(H,17,22,23)/t10-,11?,12?,13+/m1/s1. The monoisotopic (exact) mass is 341 g/mol. The van der Waals surface area contributed by atoms with Crippen molar-refractivity contribution in [1.82, 2.24) is 14.9 Å².